The summed E-state index contributed by atoms with van der Waals surface area (Å²) in [5, 5.41) is 9.04. The van der Waals surface area contributed by atoms with Crippen LogP contribution in [-0.4, -0.2) is 11.2 Å². The molecule has 1 unspecified atom stereocenters. The van der Waals surface area contributed by atoms with E-state index in [9.17, 15) is 0 Å². The molecule has 0 aromatic carbocycles. The van der Waals surface area contributed by atoms with E-state index in [-0.39, 0.29) is 6.10 Å². The van der Waals surface area contributed by atoms with Gasteiger partial charge in [-0.1, -0.05) is 23.8 Å². The van der Waals surface area contributed by atoms with Crippen molar-refractivity contribution in [3.8, 4) is 0 Å². The molecule has 0 bridgehead atoms. The molecule has 0 aromatic rings. The van der Waals surface area contributed by atoms with Gasteiger partial charge >= 0.3 is 0 Å². The van der Waals surface area contributed by atoms with E-state index in [1.54, 1.807) is 0 Å². The summed E-state index contributed by atoms with van der Waals surface area (Å²) >= 11 is 0. The minimum absolute atomic E-state index is 0.183. The lowest BCUT2D eigenvalue weighted by Gasteiger charge is -2.09. The Morgan fingerprint density at radius 1 is 1.70 bits per heavy atom. The van der Waals surface area contributed by atoms with Crippen LogP contribution in [0.2, 0.25) is 0 Å². The van der Waals surface area contributed by atoms with E-state index in [4.69, 9.17) is 5.11 Å². The number of aliphatic hydroxyl groups is 1. The molecule has 0 saturated carbocycles. The molecule has 10 heavy (non-hydrogen) atoms. The van der Waals surface area contributed by atoms with E-state index in [1.165, 1.54) is 5.57 Å². The van der Waals surface area contributed by atoms with Crippen molar-refractivity contribution in [2.75, 3.05) is 0 Å². The predicted molar refractivity (Wildman–Crippen MR) is 42.8 cm³/mol. The molecule has 0 heterocycles. The van der Waals surface area contributed by atoms with Crippen molar-refractivity contribution in [2.45, 2.75) is 32.3 Å². The van der Waals surface area contributed by atoms with E-state index in [2.05, 4.69) is 18.2 Å². The van der Waals surface area contributed by atoms with Crippen molar-refractivity contribution in [3.63, 3.8) is 0 Å². The number of hydrogen-bond donors (Lipinski definition) is 1. The van der Waals surface area contributed by atoms with Gasteiger partial charge in [0, 0.05) is 0 Å². The third-order valence-electron chi connectivity index (χ3n) is 1.66. The standard InChI is InChI=1S/C9H14O/c1-8(10)7-9-5-3-2-4-6-9/h2-3,5,8,10H,4,6-7H2,1H3. The maximum atomic E-state index is 9.04. The molecule has 0 aromatic heterocycles. The first-order valence-electron chi connectivity index (χ1n) is 3.81. The van der Waals surface area contributed by atoms with E-state index in [0.29, 0.717) is 0 Å². The topological polar surface area (TPSA) is 20.2 Å². The Labute approximate surface area is 62.1 Å². The lowest BCUT2D eigenvalue weighted by Crippen LogP contribution is -2.02. The van der Waals surface area contributed by atoms with Gasteiger partial charge in [0.2, 0.25) is 0 Å². The molecule has 0 fully saturated rings. The van der Waals surface area contributed by atoms with E-state index in [1.807, 2.05) is 6.92 Å². The Bertz CT molecular complexity index is 154. The summed E-state index contributed by atoms with van der Waals surface area (Å²) in [5.41, 5.74) is 1.37. The van der Waals surface area contributed by atoms with Gasteiger partial charge in [0.1, 0.15) is 0 Å². The first kappa shape index (κ1) is 7.55. The smallest absolute Gasteiger partial charge is 0.0549 e. The Morgan fingerprint density at radius 3 is 3.00 bits per heavy atom. The van der Waals surface area contributed by atoms with Gasteiger partial charge in [-0.3, -0.25) is 0 Å². The van der Waals surface area contributed by atoms with Crippen molar-refractivity contribution in [3.05, 3.63) is 23.8 Å². The summed E-state index contributed by atoms with van der Waals surface area (Å²) in [5.74, 6) is 0. The normalized spacial score (nSPS) is 20.4. The van der Waals surface area contributed by atoms with Gasteiger partial charge in [-0.05, 0) is 26.2 Å². The van der Waals surface area contributed by atoms with Crippen LogP contribution in [0.15, 0.2) is 23.8 Å². The second-order valence-corrected chi connectivity index (χ2v) is 2.84. The van der Waals surface area contributed by atoms with Crippen molar-refractivity contribution < 1.29 is 5.11 Å². The third kappa shape index (κ3) is 2.36. The Hall–Kier alpha value is -0.560. The maximum absolute atomic E-state index is 9.04. The van der Waals surface area contributed by atoms with Gasteiger partial charge in [-0.25, -0.2) is 0 Å². The third-order valence-corrected chi connectivity index (χ3v) is 1.66. The predicted octanol–water partition coefficient (Wildman–Crippen LogP) is 2.03. The number of rotatable bonds is 2. The van der Waals surface area contributed by atoms with Crippen LogP contribution in [0.3, 0.4) is 0 Å². The fourth-order valence-corrected chi connectivity index (χ4v) is 1.20. The Kier molecular flexibility index (Phi) is 2.69. The van der Waals surface area contributed by atoms with Gasteiger partial charge in [0.25, 0.3) is 0 Å². The number of aliphatic hydroxyl groups excluding tert-OH is 1. The van der Waals surface area contributed by atoms with E-state index < -0.39 is 0 Å². The van der Waals surface area contributed by atoms with Crippen LogP contribution < -0.4 is 0 Å². The summed E-state index contributed by atoms with van der Waals surface area (Å²) < 4.78 is 0. The Balaban J connectivity index is 2.39. The van der Waals surface area contributed by atoms with Gasteiger partial charge in [0.15, 0.2) is 0 Å². The van der Waals surface area contributed by atoms with Gasteiger partial charge in [0.05, 0.1) is 6.10 Å². The monoisotopic (exact) mass is 138 g/mol. The number of hydrogen-bond acceptors (Lipinski definition) is 1. The summed E-state index contributed by atoms with van der Waals surface area (Å²) in [4.78, 5) is 0. The van der Waals surface area contributed by atoms with Gasteiger partial charge < -0.3 is 5.11 Å². The summed E-state index contributed by atoms with van der Waals surface area (Å²) in [6.07, 6.45) is 9.26. The average molecular weight is 138 g/mol. The zero-order valence-electron chi connectivity index (χ0n) is 6.38. The second-order valence-electron chi connectivity index (χ2n) is 2.84. The zero-order chi connectivity index (χ0) is 7.40. The largest absolute Gasteiger partial charge is 0.393 e. The highest BCUT2D eigenvalue weighted by Crippen LogP contribution is 2.16. The molecule has 0 radical (unpaired) electrons. The van der Waals surface area contributed by atoms with Crippen LogP contribution in [-0.2, 0) is 0 Å². The molecule has 0 saturated heterocycles. The first-order chi connectivity index (χ1) is 4.79. The van der Waals surface area contributed by atoms with Crippen molar-refractivity contribution >= 4 is 0 Å². The molecule has 1 N–H and O–H groups in total. The highest BCUT2D eigenvalue weighted by molar-refractivity contribution is 5.17. The molecule has 1 aliphatic carbocycles. The first-order valence-corrected chi connectivity index (χ1v) is 3.81. The average Bonchev–Trinajstić information content (AvgIpc) is 1.88. The highest BCUT2D eigenvalue weighted by atomic mass is 16.3. The molecule has 56 valence electrons. The van der Waals surface area contributed by atoms with Crippen molar-refractivity contribution in [1.82, 2.24) is 0 Å². The van der Waals surface area contributed by atoms with Crippen molar-refractivity contribution in [1.29, 1.82) is 0 Å². The van der Waals surface area contributed by atoms with Crippen LogP contribution >= 0.6 is 0 Å². The molecule has 1 nitrogen and oxygen atoms in total. The zero-order valence-corrected chi connectivity index (χ0v) is 6.38. The molecular formula is C9H14O. The Morgan fingerprint density at radius 2 is 2.50 bits per heavy atom. The van der Waals surface area contributed by atoms with E-state index in [0.717, 1.165) is 19.3 Å². The second kappa shape index (κ2) is 3.57. The SMILES string of the molecule is CC(O)CC1=CC=CCC1. The lowest BCUT2D eigenvalue weighted by atomic mass is 10.00. The van der Waals surface area contributed by atoms with Crippen LogP contribution in [0.5, 0.6) is 0 Å². The molecule has 1 heteroatoms. The quantitative estimate of drug-likeness (QED) is 0.619. The molecule has 1 atom stereocenters. The van der Waals surface area contributed by atoms with Crippen LogP contribution in [0.25, 0.3) is 0 Å². The number of allylic oxidation sites excluding steroid dienone is 3. The molecular weight excluding hydrogens is 124 g/mol. The highest BCUT2D eigenvalue weighted by Gasteiger charge is 2.02. The van der Waals surface area contributed by atoms with E-state index >= 15 is 0 Å². The maximum Gasteiger partial charge on any atom is 0.0549 e. The molecule has 0 amide bonds. The van der Waals surface area contributed by atoms with Crippen LogP contribution in [0.1, 0.15) is 26.2 Å². The summed E-state index contributed by atoms with van der Waals surface area (Å²) in [7, 11) is 0. The van der Waals surface area contributed by atoms with Crippen LogP contribution in [0.4, 0.5) is 0 Å². The minimum Gasteiger partial charge on any atom is -0.393 e. The fraction of sp³-hybridized carbons (Fsp3) is 0.556. The van der Waals surface area contributed by atoms with Gasteiger partial charge in [-0.2, -0.15) is 0 Å². The van der Waals surface area contributed by atoms with Gasteiger partial charge in [-0.15, -0.1) is 0 Å². The molecule has 1 rings (SSSR count). The lowest BCUT2D eigenvalue weighted by molar-refractivity contribution is 0.194. The molecule has 0 aliphatic heterocycles. The molecule has 0 spiro atoms. The van der Waals surface area contributed by atoms with Crippen LogP contribution in [0, 0.1) is 0 Å². The summed E-state index contributed by atoms with van der Waals surface area (Å²) in [6, 6.07) is 0. The molecule has 1 aliphatic rings. The summed E-state index contributed by atoms with van der Waals surface area (Å²) in [6.45, 7) is 1.83. The fourth-order valence-electron chi connectivity index (χ4n) is 1.20. The minimum atomic E-state index is -0.183. The van der Waals surface area contributed by atoms with Crippen molar-refractivity contribution in [2.24, 2.45) is 0 Å².